The molecule has 5 N–H and O–H groups in total. The second-order valence-electron chi connectivity index (χ2n) is 6.60. The van der Waals surface area contributed by atoms with Gasteiger partial charge in [-0.15, -0.1) is 0 Å². The molecule has 0 aliphatic carbocycles. The van der Waals surface area contributed by atoms with E-state index in [1.165, 1.54) is 19.2 Å². The van der Waals surface area contributed by atoms with Crippen LogP contribution in [0.15, 0.2) is 53.4 Å². The molecule has 0 aromatic heterocycles. The minimum atomic E-state index is -3.87. The van der Waals surface area contributed by atoms with Crippen molar-refractivity contribution in [3.63, 3.8) is 0 Å². The standard InChI is InChI=1S/C20H24N4O5S/c1-13-6-8-16(9-7-13)30(27,28)23-12-18(25)24-17(20(26)29-2)11-14-4-3-5-15(10-14)19(21)22/h3-10,17,23H,11-12H2,1-2H3,(H3,21,22)(H,24,25)/t17-/m0/s1. The largest absolute Gasteiger partial charge is 0.467 e. The number of esters is 1. The molecule has 1 amide bonds. The Morgan fingerprint density at radius 1 is 1.17 bits per heavy atom. The van der Waals surface area contributed by atoms with Crippen LogP contribution in [0.3, 0.4) is 0 Å². The van der Waals surface area contributed by atoms with E-state index in [1.807, 2.05) is 6.92 Å². The first-order chi connectivity index (χ1) is 14.1. The number of hydrogen-bond acceptors (Lipinski definition) is 6. The molecule has 0 aliphatic heterocycles. The maximum absolute atomic E-state index is 12.3. The Labute approximate surface area is 175 Å². The zero-order chi connectivity index (χ0) is 22.3. The number of rotatable bonds is 9. The summed E-state index contributed by atoms with van der Waals surface area (Å²) in [6, 6.07) is 11.8. The Morgan fingerprint density at radius 2 is 1.83 bits per heavy atom. The van der Waals surface area contributed by atoms with Crippen molar-refractivity contribution in [2.45, 2.75) is 24.3 Å². The number of ether oxygens (including phenoxy) is 1. The molecule has 0 radical (unpaired) electrons. The van der Waals surface area contributed by atoms with Crippen molar-refractivity contribution in [3.05, 3.63) is 65.2 Å². The summed E-state index contributed by atoms with van der Waals surface area (Å²) in [4.78, 5) is 24.4. The summed E-state index contributed by atoms with van der Waals surface area (Å²) >= 11 is 0. The van der Waals surface area contributed by atoms with Gasteiger partial charge >= 0.3 is 5.97 Å². The molecule has 9 nitrogen and oxygen atoms in total. The Kier molecular flexibility index (Phi) is 7.67. The van der Waals surface area contributed by atoms with Gasteiger partial charge in [-0.3, -0.25) is 10.2 Å². The van der Waals surface area contributed by atoms with Gasteiger partial charge in [-0.25, -0.2) is 17.9 Å². The smallest absolute Gasteiger partial charge is 0.328 e. The molecule has 0 spiro atoms. The van der Waals surface area contributed by atoms with Gasteiger partial charge < -0.3 is 15.8 Å². The Balaban J connectivity index is 2.04. The first-order valence-corrected chi connectivity index (χ1v) is 10.5. The molecule has 30 heavy (non-hydrogen) atoms. The molecule has 0 saturated carbocycles. The summed E-state index contributed by atoms with van der Waals surface area (Å²) < 4.78 is 31.5. The van der Waals surface area contributed by atoms with E-state index in [9.17, 15) is 18.0 Å². The summed E-state index contributed by atoms with van der Waals surface area (Å²) in [7, 11) is -2.68. The Hall–Kier alpha value is -3.24. The number of aryl methyl sites for hydroxylation is 1. The van der Waals surface area contributed by atoms with Gasteiger partial charge in [-0.05, 0) is 30.7 Å². The SMILES string of the molecule is COC(=O)[C@H](Cc1cccc(C(=N)N)c1)NC(=O)CNS(=O)(=O)c1ccc(C)cc1. The van der Waals surface area contributed by atoms with Crippen molar-refractivity contribution in [3.8, 4) is 0 Å². The molecule has 0 aliphatic rings. The van der Waals surface area contributed by atoms with Crippen molar-refractivity contribution < 1.29 is 22.7 Å². The lowest BCUT2D eigenvalue weighted by atomic mass is 10.0. The van der Waals surface area contributed by atoms with E-state index in [-0.39, 0.29) is 17.2 Å². The number of carbonyl (C=O) groups excluding carboxylic acids is 2. The zero-order valence-electron chi connectivity index (χ0n) is 16.6. The number of amides is 1. The van der Waals surface area contributed by atoms with Crippen molar-refractivity contribution in [2.24, 2.45) is 5.73 Å². The maximum Gasteiger partial charge on any atom is 0.328 e. The molecular weight excluding hydrogens is 408 g/mol. The number of nitrogens with one attached hydrogen (secondary N) is 3. The topological polar surface area (TPSA) is 151 Å². The number of nitrogens with two attached hydrogens (primary N) is 1. The average molecular weight is 433 g/mol. The van der Waals surface area contributed by atoms with Crippen LogP contribution in [-0.2, 0) is 30.8 Å². The van der Waals surface area contributed by atoms with Gasteiger partial charge in [-0.2, -0.15) is 0 Å². The number of benzene rings is 2. The van der Waals surface area contributed by atoms with Crippen LogP contribution in [0.2, 0.25) is 0 Å². The second kappa shape index (κ2) is 9.99. The fraction of sp³-hybridized carbons (Fsp3) is 0.250. The number of carbonyl (C=O) groups is 2. The summed E-state index contributed by atoms with van der Waals surface area (Å²) in [5, 5.41) is 9.97. The predicted octanol–water partition coefficient (Wildman–Crippen LogP) is 0.458. The molecule has 0 saturated heterocycles. The lowest BCUT2D eigenvalue weighted by Gasteiger charge is -2.17. The van der Waals surface area contributed by atoms with Gasteiger partial charge in [0.05, 0.1) is 18.6 Å². The van der Waals surface area contributed by atoms with E-state index in [0.717, 1.165) is 5.56 Å². The first kappa shape index (κ1) is 23.0. The van der Waals surface area contributed by atoms with Gasteiger partial charge in [0.2, 0.25) is 15.9 Å². The quantitative estimate of drug-likeness (QED) is 0.257. The van der Waals surface area contributed by atoms with Crippen LogP contribution < -0.4 is 15.8 Å². The van der Waals surface area contributed by atoms with E-state index < -0.39 is 34.5 Å². The monoisotopic (exact) mass is 432 g/mol. The lowest BCUT2D eigenvalue weighted by molar-refractivity contribution is -0.144. The third kappa shape index (κ3) is 6.39. The summed E-state index contributed by atoms with van der Waals surface area (Å²) in [5.41, 5.74) is 7.51. The van der Waals surface area contributed by atoms with Crippen LogP contribution in [0.1, 0.15) is 16.7 Å². The van der Waals surface area contributed by atoms with E-state index in [4.69, 9.17) is 15.9 Å². The highest BCUT2D eigenvalue weighted by molar-refractivity contribution is 7.89. The number of nitrogen functional groups attached to an aromatic ring is 1. The van der Waals surface area contributed by atoms with Gasteiger partial charge in [-0.1, -0.05) is 35.9 Å². The van der Waals surface area contributed by atoms with E-state index >= 15 is 0 Å². The van der Waals surface area contributed by atoms with Gasteiger partial charge in [0.15, 0.2) is 0 Å². The van der Waals surface area contributed by atoms with E-state index in [0.29, 0.717) is 11.1 Å². The highest BCUT2D eigenvalue weighted by Crippen LogP contribution is 2.10. The molecule has 1 atom stereocenters. The van der Waals surface area contributed by atoms with Crippen LogP contribution in [0.5, 0.6) is 0 Å². The minimum Gasteiger partial charge on any atom is -0.467 e. The fourth-order valence-corrected chi connectivity index (χ4v) is 3.63. The summed E-state index contributed by atoms with van der Waals surface area (Å²) in [6.07, 6.45) is 0.0875. The number of amidine groups is 1. The van der Waals surface area contributed by atoms with E-state index in [1.54, 1.807) is 36.4 Å². The predicted molar refractivity (Wildman–Crippen MR) is 111 cm³/mol. The second-order valence-corrected chi connectivity index (χ2v) is 8.37. The van der Waals surface area contributed by atoms with Crippen LogP contribution in [0, 0.1) is 12.3 Å². The molecule has 0 unspecified atom stereocenters. The van der Waals surface area contributed by atoms with Gasteiger partial charge in [0.1, 0.15) is 11.9 Å². The number of sulfonamides is 1. The molecule has 10 heteroatoms. The number of hydrogen-bond donors (Lipinski definition) is 4. The third-order valence-corrected chi connectivity index (χ3v) is 5.67. The molecule has 2 aromatic carbocycles. The molecule has 2 aromatic rings. The molecule has 0 bridgehead atoms. The molecule has 160 valence electrons. The van der Waals surface area contributed by atoms with Gasteiger partial charge in [0.25, 0.3) is 0 Å². The van der Waals surface area contributed by atoms with E-state index in [2.05, 4.69) is 10.0 Å². The van der Waals surface area contributed by atoms with Crippen LogP contribution in [0.4, 0.5) is 0 Å². The lowest BCUT2D eigenvalue weighted by Crippen LogP contribution is -2.47. The molecule has 0 heterocycles. The van der Waals surface area contributed by atoms with Crippen LogP contribution in [-0.4, -0.2) is 45.8 Å². The first-order valence-electron chi connectivity index (χ1n) is 8.99. The van der Waals surface area contributed by atoms with Crippen LogP contribution >= 0.6 is 0 Å². The van der Waals surface area contributed by atoms with Crippen molar-refractivity contribution in [1.29, 1.82) is 5.41 Å². The average Bonchev–Trinajstić information content (AvgIpc) is 2.72. The third-order valence-electron chi connectivity index (χ3n) is 4.25. The highest BCUT2D eigenvalue weighted by atomic mass is 32.2. The van der Waals surface area contributed by atoms with Crippen molar-refractivity contribution >= 4 is 27.7 Å². The van der Waals surface area contributed by atoms with Crippen molar-refractivity contribution in [1.82, 2.24) is 10.0 Å². The minimum absolute atomic E-state index is 0.0338. The fourth-order valence-electron chi connectivity index (χ4n) is 2.64. The molecule has 2 rings (SSSR count). The molecule has 0 fully saturated rings. The Bertz CT molecular complexity index is 1040. The zero-order valence-corrected chi connectivity index (χ0v) is 17.5. The van der Waals surface area contributed by atoms with Crippen molar-refractivity contribution in [2.75, 3.05) is 13.7 Å². The summed E-state index contributed by atoms with van der Waals surface area (Å²) in [6.45, 7) is 1.29. The summed E-state index contributed by atoms with van der Waals surface area (Å²) in [5.74, 6) is -1.50. The Morgan fingerprint density at radius 3 is 2.43 bits per heavy atom. The number of methoxy groups -OCH3 is 1. The highest BCUT2D eigenvalue weighted by Gasteiger charge is 2.23. The van der Waals surface area contributed by atoms with Crippen LogP contribution in [0.25, 0.3) is 0 Å². The maximum atomic E-state index is 12.3. The normalized spacial score (nSPS) is 12.1. The molecular formula is C20H24N4O5S. The van der Waals surface area contributed by atoms with Gasteiger partial charge in [0, 0.05) is 12.0 Å².